The van der Waals surface area contributed by atoms with Crippen LogP contribution in [0.5, 0.6) is 0 Å². The van der Waals surface area contributed by atoms with Crippen molar-refractivity contribution in [2.75, 3.05) is 11.9 Å². The Morgan fingerprint density at radius 1 is 1.39 bits per heavy atom. The quantitative estimate of drug-likeness (QED) is 0.900. The second kappa shape index (κ2) is 4.82. The minimum Gasteiger partial charge on any atom is -0.374 e. The summed E-state index contributed by atoms with van der Waals surface area (Å²) in [6.07, 6.45) is 1.98. The van der Waals surface area contributed by atoms with Crippen molar-refractivity contribution in [3.63, 3.8) is 0 Å². The van der Waals surface area contributed by atoms with Gasteiger partial charge in [-0.05, 0) is 18.1 Å². The number of nitrogens with zero attached hydrogens (tertiary/aromatic N) is 2. The molecule has 1 aliphatic heterocycles. The third-order valence-corrected chi connectivity index (χ3v) is 3.26. The van der Waals surface area contributed by atoms with Crippen LogP contribution in [-0.4, -0.2) is 16.4 Å². The summed E-state index contributed by atoms with van der Waals surface area (Å²) in [6, 6.07) is 10.6. The molecule has 0 saturated heterocycles. The molecule has 1 N–H and O–H groups in total. The molecule has 1 unspecified atom stereocenters. The van der Waals surface area contributed by atoms with Crippen LogP contribution in [0.2, 0.25) is 0 Å². The van der Waals surface area contributed by atoms with E-state index in [1.165, 1.54) is 11.1 Å². The van der Waals surface area contributed by atoms with Crippen LogP contribution in [0, 0.1) is 0 Å². The number of rotatable bonds is 3. The van der Waals surface area contributed by atoms with E-state index in [4.69, 9.17) is 4.74 Å². The Balaban J connectivity index is 1.81. The van der Waals surface area contributed by atoms with Crippen molar-refractivity contribution in [3.8, 4) is 0 Å². The Morgan fingerprint density at radius 2 is 2.28 bits per heavy atom. The van der Waals surface area contributed by atoms with E-state index in [9.17, 15) is 0 Å². The summed E-state index contributed by atoms with van der Waals surface area (Å²) >= 11 is 0. The summed E-state index contributed by atoms with van der Waals surface area (Å²) in [5.74, 6) is 0.905. The van der Waals surface area contributed by atoms with E-state index in [2.05, 4.69) is 41.6 Å². The van der Waals surface area contributed by atoms with E-state index in [0.29, 0.717) is 13.2 Å². The molecular weight excluding hydrogens is 226 g/mol. The summed E-state index contributed by atoms with van der Waals surface area (Å²) in [6.45, 7) is 4.36. The van der Waals surface area contributed by atoms with Gasteiger partial charge in [-0.15, -0.1) is 0 Å². The first-order chi connectivity index (χ1) is 8.86. The molecule has 0 bridgehead atoms. The van der Waals surface area contributed by atoms with Crippen LogP contribution in [0.25, 0.3) is 0 Å². The molecule has 3 rings (SSSR count). The Kier molecular flexibility index (Phi) is 3.02. The Labute approximate surface area is 107 Å². The summed E-state index contributed by atoms with van der Waals surface area (Å²) in [5.41, 5.74) is 2.57. The molecule has 2 heterocycles. The van der Waals surface area contributed by atoms with Gasteiger partial charge >= 0.3 is 0 Å². The van der Waals surface area contributed by atoms with Crippen molar-refractivity contribution in [2.45, 2.75) is 26.1 Å². The first-order valence-electron chi connectivity index (χ1n) is 6.32. The van der Waals surface area contributed by atoms with Gasteiger partial charge < -0.3 is 10.1 Å². The molecule has 0 saturated carbocycles. The number of ether oxygens (including phenoxy) is 1. The predicted molar refractivity (Wildman–Crippen MR) is 70.4 cm³/mol. The van der Waals surface area contributed by atoms with Crippen LogP contribution >= 0.6 is 0 Å². The molecule has 1 aliphatic rings. The zero-order chi connectivity index (χ0) is 12.4. The van der Waals surface area contributed by atoms with Gasteiger partial charge in [-0.3, -0.25) is 4.68 Å². The van der Waals surface area contributed by atoms with Gasteiger partial charge in [-0.1, -0.05) is 24.3 Å². The molecule has 1 atom stereocenters. The minimum absolute atomic E-state index is 0.190. The summed E-state index contributed by atoms with van der Waals surface area (Å²) in [5, 5.41) is 7.88. The van der Waals surface area contributed by atoms with Crippen LogP contribution < -0.4 is 5.32 Å². The van der Waals surface area contributed by atoms with Crippen molar-refractivity contribution < 1.29 is 4.74 Å². The highest BCUT2D eigenvalue weighted by Gasteiger charge is 2.20. The molecule has 0 spiro atoms. The fraction of sp³-hybridized carbons (Fsp3) is 0.357. The van der Waals surface area contributed by atoms with Gasteiger partial charge in [-0.25, -0.2) is 0 Å². The van der Waals surface area contributed by atoms with E-state index < -0.39 is 0 Å². The number of nitrogens with one attached hydrogen (secondary N) is 1. The lowest BCUT2D eigenvalue weighted by Gasteiger charge is -2.26. The topological polar surface area (TPSA) is 39.1 Å². The van der Waals surface area contributed by atoms with Crippen LogP contribution in [0.1, 0.15) is 24.1 Å². The number of aromatic nitrogens is 2. The minimum atomic E-state index is 0.190. The standard InChI is InChI=1S/C14H17N3O/c1-2-17-8-7-14(16-17)15-13-10-18-9-11-5-3-4-6-12(11)13/h3-8,13H,2,9-10H2,1H3,(H,15,16). The summed E-state index contributed by atoms with van der Waals surface area (Å²) in [7, 11) is 0. The molecule has 18 heavy (non-hydrogen) atoms. The van der Waals surface area contributed by atoms with Gasteiger partial charge in [0, 0.05) is 18.8 Å². The molecule has 0 radical (unpaired) electrons. The van der Waals surface area contributed by atoms with E-state index >= 15 is 0 Å². The van der Waals surface area contributed by atoms with Gasteiger partial charge in [0.05, 0.1) is 19.3 Å². The number of fused-ring (bicyclic) bond motifs is 1. The Bertz CT molecular complexity index is 535. The van der Waals surface area contributed by atoms with Crippen LogP contribution in [0.3, 0.4) is 0 Å². The van der Waals surface area contributed by atoms with Gasteiger partial charge in [0.15, 0.2) is 0 Å². The maximum Gasteiger partial charge on any atom is 0.148 e. The fourth-order valence-corrected chi connectivity index (χ4v) is 2.29. The number of aryl methyl sites for hydroxylation is 1. The predicted octanol–water partition coefficient (Wildman–Crippen LogP) is 2.59. The first kappa shape index (κ1) is 11.3. The zero-order valence-corrected chi connectivity index (χ0v) is 10.5. The highest BCUT2D eigenvalue weighted by atomic mass is 16.5. The van der Waals surface area contributed by atoms with Crippen molar-refractivity contribution in [1.82, 2.24) is 9.78 Å². The summed E-state index contributed by atoms with van der Waals surface area (Å²) < 4.78 is 7.53. The van der Waals surface area contributed by atoms with Gasteiger partial charge in [-0.2, -0.15) is 5.10 Å². The number of benzene rings is 1. The van der Waals surface area contributed by atoms with E-state index in [0.717, 1.165) is 12.4 Å². The molecule has 94 valence electrons. The van der Waals surface area contributed by atoms with Crippen molar-refractivity contribution in [3.05, 3.63) is 47.7 Å². The monoisotopic (exact) mass is 243 g/mol. The molecular formula is C14H17N3O. The largest absolute Gasteiger partial charge is 0.374 e. The second-order valence-electron chi connectivity index (χ2n) is 4.47. The van der Waals surface area contributed by atoms with Gasteiger partial charge in [0.1, 0.15) is 5.82 Å². The SMILES string of the molecule is CCn1ccc(NC2COCc3ccccc32)n1. The highest BCUT2D eigenvalue weighted by molar-refractivity contribution is 5.40. The maximum absolute atomic E-state index is 5.62. The average molecular weight is 243 g/mol. The number of anilines is 1. The molecule has 1 aromatic carbocycles. The molecule has 2 aromatic rings. The van der Waals surface area contributed by atoms with E-state index in [1.807, 2.05) is 16.9 Å². The highest BCUT2D eigenvalue weighted by Crippen LogP contribution is 2.27. The zero-order valence-electron chi connectivity index (χ0n) is 10.5. The van der Waals surface area contributed by atoms with E-state index in [1.54, 1.807) is 0 Å². The van der Waals surface area contributed by atoms with E-state index in [-0.39, 0.29) is 6.04 Å². The molecule has 0 amide bonds. The van der Waals surface area contributed by atoms with Crippen LogP contribution in [0.15, 0.2) is 36.5 Å². The van der Waals surface area contributed by atoms with Crippen molar-refractivity contribution in [2.24, 2.45) is 0 Å². The number of hydrogen-bond donors (Lipinski definition) is 1. The van der Waals surface area contributed by atoms with Gasteiger partial charge in [0.25, 0.3) is 0 Å². The fourth-order valence-electron chi connectivity index (χ4n) is 2.29. The molecule has 0 fully saturated rings. The lowest BCUT2D eigenvalue weighted by Crippen LogP contribution is -2.23. The van der Waals surface area contributed by atoms with Gasteiger partial charge in [0.2, 0.25) is 0 Å². The van der Waals surface area contributed by atoms with Crippen LogP contribution in [-0.2, 0) is 17.9 Å². The molecule has 1 aromatic heterocycles. The smallest absolute Gasteiger partial charge is 0.148 e. The first-order valence-corrected chi connectivity index (χ1v) is 6.32. The molecule has 4 heteroatoms. The third kappa shape index (κ3) is 2.11. The van der Waals surface area contributed by atoms with Crippen LogP contribution in [0.4, 0.5) is 5.82 Å². The lowest BCUT2D eigenvalue weighted by molar-refractivity contribution is 0.0969. The Morgan fingerprint density at radius 3 is 3.11 bits per heavy atom. The average Bonchev–Trinajstić information content (AvgIpc) is 2.87. The second-order valence-corrected chi connectivity index (χ2v) is 4.47. The Hall–Kier alpha value is -1.81. The maximum atomic E-state index is 5.62. The molecule has 0 aliphatic carbocycles. The lowest BCUT2D eigenvalue weighted by atomic mass is 9.99. The van der Waals surface area contributed by atoms with Crippen molar-refractivity contribution >= 4 is 5.82 Å². The molecule has 4 nitrogen and oxygen atoms in total. The number of hydrogen-bond acceptors (Lipinski definition) is 3. The third-order valence-electron chi connectivity index (χ3n) is 3.26. The summed E-state index contributed by atoms with van der Waals surface area (Å²) in [4.78, 5) is 0. The normalized spacial score (nSPS) is 18.4. The van der Waals surface area contributed by atoms with Crippen molar-refractivity contribution in [1.29, 1.82) is 0 Å².